The van der Waals surface area contributed by atoms with Crippen molar-refractivity contribution in [2.24, 2.45) is 0 Å². The van der Waals surface area contributed by atoms with Crippen LogP contribution in [0.4, 0.5) is 0 Å². The van der Waals surface area contributed by atoms with E-state index in [0.29, 0.717) is 0 Å². The molecule has 0 aromatic heterocycles. The fourth-order valence-electron chi connectivity index (χ4n) is 0.660. The Balaban J connectivity index is 4.27. The Bertz CT molecular complexity index is 159. The number of hydrogen-bond acceptors (Lipinski definition) is 6. The molecule has 0 spiro atoms. The summed E-state index contributed by atoms with van der Waals surface area (Å²) in [6.45, 7) is 3.60. The molecule has 0 unspecified atom stereocenters. The summed E-state index contributed by atoms with van der Waals surface area (Å²) in [5, 5.41) is 0. The molecule has 13 heavy (non-hydrogen) atoms. The van der Waals surface area contributed by atoms with Gasteiger partial charge in [0, 0.05) is 0 Å². The maximum absolute atomic E-state index is 11.0. The van der Waals surface area contributed by atoms with Gasteiger partial charge in [-0.05, 0) is 0 Å². The van der Waals surface area contributed by atoms with Gasteiger partial charge >= 0.3 is 75.8 Å². The van der Waals surface area contributed by atoms with E-state index < -0.39 is 19.8 Å². The fraction of sp³-hybridized carbons (Fsp3) is 0.833. The van der Waals surface area contributed by atoms with Crippen molar-refractivity contribution in [1.29, 1.82) is 0 Å². The molecule has 0 saturated carbocycles. The van der Waals surface area contributed by atoms with Crippen LogP contribution in [0.3, 0.4) is 0 Å². The molecule has 3 N–H and O–H groups in total. The van der Waals surface area contributed by atoms with Crippen molar-refractivity contribution in [3.63, 3.8) is 0 Å². The molecule has 0 amide bonds. The average Bonchev–Trinajstić information content (AvgIpc) is 2.01. The molecule has 0 rings (SSSR count). The van der Waals surface area contributed by atoms with Gasteiger partial charge in [-0.1, -0.05) is 0 Å². The summed E-state index contributed by atoms with van der Waals surface area (Å²) in [6, 6.07) is 0. The quantitative estimate of drug-likeness (QED) is 0.403. The standard InChI is InChI=1S/C6H15O6P/c1-3-11-6(12-4-2)5(7)13(8,9)10/h6,8-10,13H,3-4H2,1-2H3. The molecule has 0 fully saturated rings. The predicted octanol–water partition coefficient (Wildman–Crippen LogP) is -0.616. The maximum atomic E-state index is 11.0. The Morgan fingerprint density at radius 3 is 1.85 bits per heavy atom. The molecule has 7 heteroatoms. The van der Waals surface area contributed by atoms with E-state index in [1.807, 2.05) is 0 Å². The van der Waals surface area contributed by atoms with Gasteiger partial charge in [0.05, 0.1) is 0 Å². The van der Waals surface area contributed by atoms with E-state index in [0.717, 1.165) is 0 Å². The summed E-state index contributed by atoms with van der Waals surface area (Å²) in [5.74, 6) is 0. The zero-order valence-corrected chi connectivity index (χ0v) is 8.56. The van der Waals surface area contributed by atoms with E-state index in [9.17, 15) is 4.79 Å². The van der Waals surface area contributed by atoms with Gasteiger partial charge in [-0.15, -0.1) is 0 Å². The first-order chi connectivity index (χ1) is 5.93. The molecule has 0 radical (unpaired) electrons. The Morgan fingerprint density at radius 2 is 1.62 bits per heavy atom. The second kappa shape index (κ2) is 5.59. The topological polar surface area (TPSA) is 96.2 Å². The van der Waals surface area contributed by atoms with Gasteiger partial charge in [0.1, 0.15) is 0 Å². The number of hydrogen-bond donors (Lipinski definition) is 3. The first kappa shape index (κ1) is 12.9. The van der Waals surface area contributed by atoms with Crippen LogP contribution < -0.4 is 0 Å². The van der Waals surface area contributed by atoms with Crippen LogP contribution in [-0.2, 0) is 14.3 Å². The van der Waals surface area contributed by atoms with Crippen molar-refractivity contribution in [1.82, 2.24) is 0 Å². The summed E-state index contributed by atoms with van der Waals surface area (Å²) in [6.07, 6.45) is -1.39. The first-order valence-electron chi connectivity index (χ1n) is 3.88. The number of ether oxygens (including phenoxy) is 2. The fourth-order valence-corrected chi connectivity index (χ4v) is 1.14. The molecular weight excluding hydrogens is 199 g/mol. The van der Waals surface area contributed by atoms with E-state index in [4.69, 9.17) is 24.2 Å². The predicted molar refractivity (Wildman–Crippen MR) is 47.0 cm³/mol. The van der Waals surface area contributed by atoms with Crippen LogP contribution in [0.15, 0.2) is 0 Å². The normalized spacial score (nSPS) is 13.4. The SMILES string of the molecule is CCOC(OCC)C(=O)[PH](O)(O)O. The van der Waals surface area contributed by atoms with Gasteiger partial charge < -0.3 is 0 Å². The summed E-state index contributed by atoms with van der Waals surface area (Å²) in [5.41, 5.74) is -1.20. The van der Waals surface area contributed by atoms with Gasteiger partial charge in [-0.25, -0.2) is 0 Å². The third kappa shape index (κ3) is 4.61. The Labute approximate surface area is 76.7 Å². The summed E-state index contributed by atoms with van der Waals surface area (Å²) in [7, 11) is -4.79. The van der Waals surface area contributed by atoms with Gasteiger partial charge in [-0.2, -0.15) is 0 Å². The van der Waals surface area contributed by atoms with Gasteiger partial charge in [0.25, 0.3) is 0 Å². The molecule has 6 nitrogen and oxygen atoms in total. The molecule has 0 aliphatic heterocycles. The minimum atomic E-state index is -4.79. The zero-order valence-electron chi connectivity index (χ0n) is 7.56. The van der Waals surface area contributed by atoms with Crippen LogP contribution in [0.1, 0.15) is 13.8 Å². The minimum absolute atomic E-state index is 0.181. The number of carbonyl (C=O) groups excluding carboxylic acids is 1. The van der Waals surface area contributed by atoms with Crippen molar-refractivity contribution >= 4 is 13.5 Å². The van der Waals surface area contributed by atoms with E-state index >= 15 is 0 Å². The van der Waals surface area contributed by atoms with Gasteiger partial charge in [0.15, 0.2) is 0 Å². The van der Waals surface area contributed by atoms with E-state index in [2.05, 4.69) is 0 Å². The van der Waals surface area contributed by atoms with E-state index in [1.54, 1.807) is 13.8 Å². The van der Waals surface area contributed by atoms with Crippen molar-refractivity contribution in [2.45, 2.75) is 20.1 Å². The van der Waals surface area contributed by atoms with Gasteiger partial charge in [-0.3, -0.25) is 0 Å². The summed E-state index contributed by atoms with van der Waals surface area (Å²) >= 11 is 0. The van der Waals surface area contributed by atoms with E-state index in [-0.39, 0.29) is 13.2 Å². The van der Waals surface area contributed by atoms with Crippen molar-refractivity contribution in [2.75, 3.05) is 13.2 Å². The molecule has 0 aromatic rings. The molecule has 0 aliphatic rings. The molecule has 0 heterocycles. The van der Waals surface area contributed by atoms with Crippen LogP contribution in [-0.4, -0.2) is 39.7 Å². The van der Waals surface area contributed by atoms with Crippen LogP contribution in [0.25, 0.3) is 0 Å². The molecule has 80 valence electrons. The molecular formula is C6H15O6P. The zero-order chi connectivity index (χ0) is 10.5. The third-order valence-corrected chi connectivity index (χ3v) is 2.08. The number of carbonyl (C=O) groups is 1. The molecule has 0 aromatic carbocycles. The van der Waals surface area contributed by atoms with Crippen molar-refractivity contribution in [3.05, 3.63) is 0 Å². The van der Waals surface area contributed by atoms with Crippen molar-refractivity contribution < 1.29 is 28.9 Å². The molecule has 0 saturated heterocycles. The van der Waals surface area contributed by atoms with Crippen LogP contribution in [0.5, 0.6) is 0 Å². The van der Waals surface area contributed by atoms with Crippen LogP contribution >= 0.6 is 7.94 Å². The molecule has 0 aliphatic carbocycles. The van der Waals surface area contributed by atoms with Crippen LogP contribution in [0.2, 0.25) is 0 Å². The molecule has 0 bridgehead atoms. The Hall–Kier alpha value is -0.100. The van der Waals surface area contributed by atoms with Crippen molar-refractivity contribution in [3.8, 4) is 0 Å². The first-order valence-corrected chi connectivity index (χ1v) is 5.72. The van der Waals surface area contributed by atoms with Crippen LogP contribution in [0, 0.1) is 0 Å². The van der Waals surface area contributed by atoms with E-state index in [1.165, 1.54) is 0 Å². The Morgan fingerprint density at radius 1 is 1.23 bits per heavy atom. The summed E-state index contributed by atoms with van der Waals surface area (Å²) in [4.78, 5) is 37.0. The number of rotatable bonds is 6. The second-order valence-corrected chi connectivity index (χ2v) is 4.01. The summed E-state index contributed by atoms with van der Waals surface area (Å²) < 4.78 is 9.51. The average molecular weight is 214 g/mol. The van der Waals surface area contributed by atoms with Gasteiger partial charge in [0.2, 0.25) is 0 Å². The Kier molecular flexibility index (Phi) is 5.55. The molecule has 0 atom stereocenters. The third-order valence-electron chi connectivity index (χ3n) is 1.18. The monoisotopic (exact) mass is 214 g/mol. The second-order valence-electron chi connectivity index (χ2n) is 2.24.